The van der Waals surface area contributed by atoms with Crippen LogP contribution in [0.3, 0.4) is 0 Å². The number of methoxy groups -OCH3 is 2. The number of aromatic nitrogens is 2. The summed E-state index contributed by atoms with van der Waals surface area (Å²) in [6.07, 6.45) is 0. The molecule has 2 aromatic carbocycles. The van der Waals surface area contributed by atoms with Gasteiger partial charge in [-0.15, -0.1) is 11.3 Å². The lowest BCUT2D eigenvalue weighted by atomic mass is 10.1. The molecule has 0 aliphatic rings. The van der Waals surface area contributed by atoms with E-state index >= 15 is 0 Å². The maximum atomic E-state index is 12.7. The molecule has 148 valence electrons. The van der Waals surface area contributed by atoms with Crippen LogP contribution in [0.5, 0.6) is 11.5 Å². The summed E-state index contributed by atoms with van der Waals surface area (Å²) in [5.41, 5.74) is 4.27. The monoisotopic (exact) mass is 425 g/mol. The number of fused-ring (bicyclic) bond motifs is 1. The van der Waals surface area contributed by atoms with Gasteiger partial charge in [0.25, 0.3) is 5.91 Å². The van der Waals surface area contributed by atoms with Gasteiger partial charge in [-0.1, -0.05) is 29.5 Å². The second-order valence-corrected chi connectivity index (χ2v) is 8.29. The number of rotatable bonds is 5. The van der Waals surface area contributed by atoms with Crippen LogP contribution in [0, 0.1) is 13.8 Å². The fourth-order valence-corrected chi connectivity index (χ4v) is 4.86. The first-order chi connectivity index (χ1) is 14.0. The molecule has 0 aliphatic heterocycles. The zero-order valence-corrected chi connectivity index (χ0v) is 18.0. The minimum absolute atomic E-state index is 0.288. The van der Waals surface area contributed by atoms with Gasteiger partial charge in [0.1, 0.15) is 10.7 Å². The zero-order chi connectivity index (χ0) is 20.5. The fourth-order valence-electron chi connectivity index (χ4n) is 3.03. The first-order valence-electron chi connectivity index (χ1n) is 8.86. The van der Waals surface area contributed by atoms with E-state index in [1.54, 1.807) is 19.6 Å². The molecule has 0 saturated heterocycles. The fraction of sp³-hybridized carbons (Fsp3) is 0.190. The number of hydrogen-bond donors (Lipinski definition) is 1. The molecule has 4 aromatic rings. The summed E-state index contributed by atoms with van der Waals surface area (Å²) in [5.74, 6) is 0.920. The summed E-state index contributed by atoms with van der Waals surface area (Å²) in [7, 11) is 3.17. The van der Waals surface area contributed by atoms with Crippen LogP contribution < -0.4 is 14.8 Å². The Hall–Kier alpha value is -2.97. The van der Waals surface area contributed by atoms with Gasteiger partial charge in [0.2, 0.25) is 0 Å². The van der Waals surface area contributed by atoms with Gasteiger partial charge >= 0.3 is 0 Å². The van der Waals surface area contributed by atoms with E-state index < -0.39 is 0 Å². The van der Waals surface area contributed by atoms with Crippen LogP contribution in [-0.2, 0) is 0 Å². The molecule has 2 aromatic heterocycles. The number of anilines is 1. The average Bonchev–Trinajstić information content (AvgIpc) is 3.38. The molecular weight excluding hydrogens is 406 g/mol. The SMILES string of the molecule is COc1cccc(-c2nc(C(=O)Nc3nc4c(C)ccc(C)c4s3)cs2)c1OC. The minimum atomic E-state index is -0.288. The van der Waals surface area contributed by atoms with E-state index in [1.165, 1.54) is 22.7 Å². The van der Waals surface area contributed by atoms with Crippen molar-refractivity contribution < 1.29 is 14.3 Å². The molecule has 0 fully saturated rings. The molecule has 0 aliphatic carbocycles. The predicted octanol–water partition coefficient (Wildman–Crippen LogP) is 5.31. The molecule has 2 heterocycles. The van der Waals surface area contributed by atoms with Gasteiger partial charge in [-0.3, -0.25) is 10.1 Å². The van der Waals surface area contributed by atoms with Gasteiger partial charge in [-0.2, -0.15) is 0 Å². The van der Waals surface area contributed by atoms with Crippen molar-refractivity contribution in [1.82, 2.24) is 9.97 Å². The van der Waals surface area contributed by atoms with Gasteiger partial charge in [0, 0.05) is 5.38 Å². The highest BCUT2D eigenvalue weighted by Crippen LogP contribution is 2.39. The van der Waals surface area contributed by atoms with Crippen LogP contribution in [0.1, 0.15) is 21.6 Å². The summed E-state index contributed by atoms with van der Waals surface area (Å²) in [6, 6.07) is 9.68. The van der Waals surface area contributed by atoms with E-state index in [4.69, 9.17) is 9.47 Å². The first-order valence-corrected chi connectivity index (χ1v) is 10.6. The predicted molar refractivity (Wildman–Crippen MR) is 118 cm³/mol. The molecule has 0 atom stereocenters. The molecule has 1 amide bonds. The van der Waals surface area contributed by atoms with Crippen molar-refractivity contribution in [3.05, 3.63) is 52.5 Å². The Balaban J connectivity index is 1.62. The number of aryl methyl sites for hydroxylation is 2. The van der Waals surface area contributed by atoms with Crippen molar-refractivity contribution in [2.45, 2.75) is 13.8 Å². The van der Waals surface area contributed by atoms with Crippen molar-refractivity contribution in [3.63, 3.8) is 0 Å². The van der Waals surface area contributed by atoms with Crippen LogP contribution in [0.25, 0.3) is 20.8 Å². The number of hydrogen-bond acceptors (Lipinski definition) is 7. The third-order valence-electron chi connectivity index (χ3n) is 4.53. The molecule has 6 nitrogen and oxygen atoms in total. The maximum Gasteiger partial charge on any atom is 0.276 e. The van der Waals surface area contributed by atoms with E-state index in [0.29, 0.717) is 27.3 Å². The van der Waals surface area contributed by atoms with Gasteiger partial charge < -0.3 is 9.47 Å². The molecule has 0 bridgehead atoms. The number of amides is 1. The second kappa shape index (κ2) is 7.81. The quantitative estimate of drug-likeness (QED) is 0.469. The lowest BCUT2D eigenvalue weighted by Crippen LogP contribution is -2.12. The maximum absolute atomic E-state index is 12.7. The first kappa shape index (κ1) is 19.4. The van der Waals surface area contributed by atoms with Crippen molar-refractivity contribution in [1.29, 1.82) is 0 Å². The number of nitrogens with one attached hydrogen (secondary N) is 1. The summed E-state index contributed by atoms with van der Waals surface area (Å²) in [4.78, 5) is 21.8. The Kier molecular flexibility index (Phi) is 5.21. The van der Waals surface area contributed by atoms with Crippen LogP contribution in [-0.4, -0.2) is 30.1 Å². The van der Waals surface area contributed by atoms with E-state index in [2.05, 4.69) is 21.4 Å². The van der Waals surface area contributed by atoms with E-state index in [1.807, 2.05) is 38.1 Å². The summed E-state index contributed by atoms with van der Waals surface area (Å²) >= 11 is 2.85. The highest BCUT2D eigenvalue weighted by Gasteiger charge is 2.18. The zero-order valence-electron chi connectivity index (χ0n) is 16.4. The van der Waals surface area contributed by atoms with Crippen molar-refractivity contribution in [3.8, 4) is 22.1 Å². The van der Waals surface area contributed by atoms with Gasteiger partial charge in [0.15, 0.2) is 16.6 Å². The smallest absolute Gasteiger partial charge is 0.276 e. The van der Waals surface area contributed by atoms with Crippen molar-refractivity contribution in [2.75, 3.05) is 19.5 Å². The van der Waals surface area contributed by atoms with E-state index in [-0.39, 0.29) is 5.91 Å². The number of thiazole rings is 2. The number of nitrogens with zero attached hydrogens (tertiary/aromatic N) is 2. The van der Waals surface area contributed by atoms with Crippen LogP contribution in [0.4, 0.5) is 5.13 Å². The summed E-state index contributed by atoms with van der Waals surface area (Å²) in [6.45, 7) is 4.06. The number of carbonyl (C=O) groups is 1. The Bertz CT molecular complexity index is 1170. The van der Waals surface area contributed by atoms with Crippen LogP contribution in [0.15, 0.2) is 35.7 Å². The molecule has 0 unspecified atom stereocenters. The molecule has 0 radical (unpaired) electrons. The third kappa shape index (κ3) is 3.56. The summed E-state index contributed by atoms with van der Waals surface area (Å²) < 4.78 is 11.9. The highest BCUT2D eigenvalue weighted by atomic mass is 32.1. The second-order valence-electron chi connectivity index (χ2n) is 6.43. The number of para-hydroxylation sites is 1. The normalized spacial score (nSPS) is 10.9. The number of carbonyl (C=O) groups excluding carboxylic acids is 1. The van der Waals surface area contributed by atoms with Gasteiger partial charge in [0.05, 0.1) is 30.0 Å². The largest absolute Gasteiger partial charge is 0.493 e. The van der Waals surface area contributed by atoms with Crippen molar-refractivity contribution in [2.24, 2.45) is 0 Å². The number of ether oxygens (including phenoxy) is 2. The van der Waals surface area contributed by atoms with Gasteiger partial charge in [-0.05, 0) is 37.1 Å². The van der Waals surface area contributed by atoms with Crippen LogP contribution in [0.2, 0.25) is 0 Å². The summed E-state index contributed by atoms with van der Waals surface area (Å²) in [5, 5.41) is 5.85. The topological polar surface area (TPSA) is 73.3 Å². The molecule has 0 spiro atoms. The molecule has 8 heteroatoms. The van der Waals surface area contributed by atoms with Crippen LogP contribution >= 0.6 is 22.7 Å². The van der Waals surface area contributed by atoms with E-state index in [9.17, 15) is 4.79 Å². The Morgan fingerprint density at radius 3 is 2.55 bits per heavy atom. The standard InChI is InChI=1S/C21H19N3O3S2/c1-11-8-9-12(2)18-16(11)23-21(29-18)24-19(25)14-10-28-20(22-14)13-6-5-7-15(26-3)17(13)27-4/h5-10H,1-4H3,(H,23,24,25). The van der Waals surface area contributed by atoms with Gasteiger partial charge in [-0.25, -0.2) is 9.97 Å². The number of benzene rings is 2. The average molecular weight is 426 g/mol. The molecule has 1 N–H and O–H groups in total. The minimum Gasteiger partial charge on any atom is -0.493 e. The van der Waals surface area contributed by atoms with Crippen molar-refractivity contribution >= 4 is 43.9 Å². The molecular formula is C21H19N3O3S2. The Morgan fingerprint density at radius 2 is 1.83 bits per heavy atom. The highest BCUT2D eigenvalue weighted by molar-refractivity contribution is 7.22. The molecule has 0 saturated carbocycles. The molecule has 29 heavy (non-hydrogen) atoms. The Labute approximate surface area is 176 Å². The molecule has 4 rings (SSSR count). The lowest BCUT2D eigenvalue weighted by Gasteiger charge is -2.10. The third-order valence-corrected chi connectivity index (χ3v) is 6.51. The van der Waals surface area contributed by atoms with E-state index in [0.717, 1.165) is 26.9 Å². The lowest BCUT2D eigenvalue weighted by molar-refractivity contribution is 0.102. The Morgan fingerprint density at radius 1 is 1.03 bits per heavy atom.